The van der Waals surface area contributed by atoms with Crippen LogP contribution in [0.5, 0.6) is 0 Å². The van der Waals surface area contributed by atoms with Crippen LogP contribution in [0.1, 0.15) is 13.3 Å². The number of rotatable bonds is 4. The molecule has 1 atom stereocenters. The first-order valence-corrected chi connectivity index (χ1v) is 5.50. The molecule has 5 nitrogen and oxygen atoms in total. The Labute approximate surface area is 96.6 Å². The van der Waals surface area contributed by atoms with Crippen LogP contribution in [-0.4, -0.2) is 50.4 Å². The molecule has 2 N–H and O–H groups in total. The van der Waals surface area contributed by atoms with E-state index in [9.17, 15) is 4.79 Å². The predicted octanol–water partition coefficient (Wildman–Crippen LogP) is -0.0418. The van der Waals surface area contributed by atoms with Crippen LogP contribution in [0.4, 0.5) is 0 Å². The molecule has 1 rings (SSSR count). The highest BCUT2D eigenvalue weighted by atomic mass is 16.2. The van der Waals surface area contributed by atoms with E-state index < -0.39 is 0 Å². The molecular weight excluding hydrogens is 204 g/mol. The number of nitrogens with zero attached hydrogens (tertiary/aromatic N) is 2. The molecule has 0 fully saturated rings. The molecule has 1 unspecified atom stereocenters. The average Bonchev–Trinajstić information content (AvgIpc) is 2.27. The highest BCUT2D eigenvalue weighted by molar-refractivity contribution is 6.38. The van der Waals surface area contributed by atoms with Crippen molar-refractivity contribution in [1.82, 2.24) is 15.5 Å². The Hall–Kier alpha value is -1.36. The van der Waals surface area contributed by atoms with Crippen LogP contribution < -0.4 is 10.6 Å². The quantitative estimate of drug-likeness (QED) is 0.704. The number of amidine groups is 1. The second-order valence-corrected chi connectivity index (χ2v) is 4.00. The Bertz CT molecular complexity index is 320. The van der Waals surface area contributed by atoms with E-state index in [-0.39, 0.29) is 11.9 Å². The minimum atomic E-state index is -0.0832. The van der Waals surface area contributed by atoms with Crippen LogP contribution >= 0.6 is 0 Å². The molecule has 0 aromatic rings. The lowest BCUT2D eigenvalue weighted by Gasteiger charge is -2.22. The molecule has 0 saturated heterocycles. The summed E-state index contributed by atoms with van der Waals surface area (Å²) in [6, 6.07) is 0.100. The smallest absolute Gasteiger partial charge is 0.288 e. The number of hydrogen-bond donors (Lipinski definition) is 2. The van der Waals surface area contributed by atoms with Gasteiger partial charge in [0.2, 0.25) is 0 Å². The van der Waals surface area contributed by atoms with Gasteiger partial charge in [-0.3, -0.25) is 9.79 Å². The summed E-state index contributed by atoms with van der Waals surface area (Å²) in [7, 11) is 5.33. The minimum Gasteiger partial charge on any atom is -0.342 e. The van der Waals surface area contributed by atoms with Crippen LogP contribution in [0.3, 0.4) is 0 Å². The third-order valence-corrected chi connectivity index (χ3v) is 2.36. The van der Waals surface area contributed by atoms with E-state index >= 15 is 0 Å². The van der Waals surface area contributed by atoms with Crippen molar-refractivity contribution >= 4 is 11.7 Å². The van der Waals surface area contributed by atoms with Gasteiger partial charge in [0.25, 0.3) is 5.91 Å². The van der Waals surface area contributed by atoms with Gasteiger partial charge >= 0.3 is 0 Å². The fourth-order valence-corrected chi connectivity index (χ4v) is 1.48. The van der Waals surface area contributed by atoms with Crippen LogP contribution in [0.15, 0.2) is 16.8 Å². The summed E-state index contributed by atoms with van der Waals surface area (Å²) in [6.45, 7) is 2.78. The molecule has 1 amide bonds. The molecule has 16 heavy (non-hydrogen) atoms. The monoisotopic (exact) mass is 224 g/mol. The Morgan fingerprint density at radius 2 is 2.31 bits per heavy atom. The normalized spacial score (nSPS) is 19.6. The summed E-state index contributed by atoms with van der Waals surface area (Å²) in [5.74, 6) is 0.352. The highest BCUT2D eigenvalue weighted by Gasteiger charge is 2.20. The number of nitrogens with one attached hydrogen (secondary N) is 2. The number of carbonyl (C=O) groups is 1. The Balaban J connectivity index is 2.80. The third kappa shape index (κ3) is 3.06. The van der Waals surface area contributed by atoms with Crippen molar-refractivity contribution in [2.75, 3.05) is 27.7 Å². The summed E-state index contributed by atoms with van der Waals surface area (Å²) in [4.78, 5) is 17.7. The number of likely N-dealkylation sites (N-methyl/N-ethyl adjacent to an activating group) is 2. The van der Waals surface area contributed by atoms with Gasteiger partial charge in [-0.15, -0.1) is 0 Å². The van der Waals surface area contributed by atoms with Crippen molar-refractivity contribution < 1.29 is 4.79 Å². The molecule has 0 saturated carbocycles. The van der Waals surface area contributed by atoms with Crippen LogP contribution in [-0.2, 0) is 4.79 Å². The molecule has 0 aromatic heterocycles. The summed E-state index contributed by atoms with van der Waals surface area (Å²) in [5.41, 5.74) is 1.01. The van der Waals surface area contributed by atoms with E-state index in [4.69, 9.17) is 0 Å². The van der Waals surface area contributed by atoms with E-state index in [1.807, 2.05) is 7.05 Å². The molecule has 0 radical (unpaired) electrons. The summed E-state index contributed by atoms with van der Waals surface area (Å²) >= 11 is 0. The van der Waals surface area contributed by atoms with E-state index in [1.54, 1.807) is 14.1 Å². The fourth-order valence-electron chi connectivity index (χ4n) is 1.48. The molecule has 0 aliphatic carbocycles. The van der Waals surface area contributed by atoms with Gasteiger partial charge < -0.3 is 15.5 Å². The van der Waals surface area contributed by atoms with Gasteiger partial charge in [-0.05, 0) is 19.5 Å². The maximum absolute atomic E-state index is 11.8. The molecule has 5 heteroatoms. The van der Waals surface area contributed by atoms with Gasteiger partial charge in [-0.25, -0.2) is 0 Å². The second kappa shape index (κ2) is 5.65. The number of aliphatic imine (C=N–C) groups is 1. The standard InChI is InChI=1S/C11H20N4O/c1-5-8-6-9(7-12-2)14-10(13-8)11(16)15(3)4/h6,8,12H,5,7H2,1-4H3,(H,13,14). The van der Waals surface area contributed by atoms with Crippen molar-refractivity contribution in [2.45, 2.75) is 19.4 Å². The Morgan fingerprint density at radius 1 is 1.62 bits per heavy atom. The van der Waals surface area contributed by atoms with Gasteiger partial charge in [0, 0.05) is 26.3 Å². The molecule has 1 heterocycles. The van der Waals surface area contributed by atoms with Crippen LogP contribution in [0.25, 0.3) is 0 Å². The van der Waals surface area contributed by atoms with Gasteiger partial charge in [0.05, 0.1) is 6.04 Å². The SMILES string of the molecule is CCC1C=C(CNC)NC(C(=O)N(C)C)=N1. The van der Waals surface area contributed by atoms with E-state index in [0.717, 1.165) is 18.7 Å². The van der Waals surface area contributed by atoms with Crippen LogP contribution in [0.2, 0.25) is 0 Å². The van der Waals surface area contributed by atoms with Crippen LogP contribution in [0, 0.1) is 0 Å². The maximum atomic E-state index is 11.8. The maximum Gasteiger partial charge on any atom is 0.288 e. The first kappa shape index (κ1) is 12.7. The fraction of sp³-hybridized carbons (Fsp3) is 0.636. The van der Waals surface area contributed by atoms with Crippen molar-refractivity contribution in [2.24, 2.45) is 4.99 Å². The number of hydrogen-bond acceptors (Lipinski definition) is 4. The van der Waals surface area contributed by atoms with Crippen molar-refractivity contribution in [1.29, 1.82) is 0 Å². The average molecular weight is 224 g/mol. The molecule has 1 aliphatic heterocycles. The molecular formula is C11H20N4O. The summed E-state index contributed by atoms with van der Waals surface area (Å²) in [5, 5.41) is 6.12. The number of amides is 1. The van der Waals surface area contributed by atoms with Crippen molar-refractivity contribution in [3.05, 3.63) is 11.8 Å². The summed E-state index contributed by atoms with van der Waals surface area (Å²) in [6.07, 6.45) is 2.96. The molecule has 1 aliphatic rings. The topological polar surface area (TPSA) is 56.7 Å². The van der Waals surface area contributed by atoms with Gasteiger partial charge in [-0.1, -0.05) is 6.92 Å². The zero-order valence-corrected chi connectivity index (χ0v) is 10.4. The first-order chi connectivity index (χ1) is 7.58. The van der Waals surface area contributed by atoms with Gasteiger partial charge in [0.15, 0.2) is 5.84 Å². The Kier molecular flexibility index (Phi) is 4.49. The van der Waals surface area contributed by atoms with Crippen molar-refractivity contribution in [3.63, 3.8) is 0 Å². The molecule has 0 bridgehead atoms. The molecule has 0 aromatic carbocycles. The van der Waals surface area contributed by atoms with E-state index in [0.29, 0.717) is 5.84 Å². The predicted molar refractivity (Wildman–Crippen MR) is 65.4 cm³/mol. The highest BCUT2D eigenvalue weighted by Crippen LogP contribution is 2.08. The largest absolute Gasteiger partial charge is 0.342 e. The molecule has 0 spiro atoms. The van der Waals surface area contributed by atoms with Gasteiger partial charge in [0.1, 0.15) is 0 Å². The first-order valence-electron chi connectivity index (χ1n) is 5.50. The lowest BCUT2D eigenvalue weighted by Crippen LogP contribution is -2.43. The lowest BCUT2D eigenvalue weighted by molar-refractivity contribution is -0.122. The molecule has 90 valence electrons. The van der Waals surface area contributed by atoms with Gasteiger partial charge in [-0.2, -0.15) is 0 Å². The zero-order valence-electron chi connectivity index (χ0n) is 10.4. The van der Waals surface area contributed by atoms with Crippen molar-refractivity contribution in [3.8, 4) is 0 Å². The second-order valence-electron chi connectivity index (χ2n) is 4.00. The third-order valence-electron chi connectivity index (χ3n) is 2.36. The lowest BCUT2D eigenvalue weighted by atomic mass is 10.1. The summed E-state index contributed by atoms with van der Waals surface area (Å²) < 4.78 is 0. The Morgan fingerprint density at radius 3 is 2.81 bits per heavy atom. The zero-order chi connectivity index (χ0) is 12.1. The van der Waals surface area contributed by atoms with E-state index in [1.165, 1.54) is 4.90 Å². The number of carbonyl (C=O) groups excluding carboxylic acids is 1. The van der Waals surface area contributed by atoms with E-state index in [2.05, 4.69) is 28.6 Å². The minimum absolute atomic E-state index is 0.0832.